The van der Waals surface area contributed by atoms with Crippen LogP contribution in [0.1, 0.15) is 51.7 Å². The minimum atomic E-state index is -0.231. The quantitative estimate of drug-likeness (QED) is 0.885. The Labute approximate surface area is 166 Å². The SMILES string of the molecule is Cc1cccc(C(C)C)c1NC(=O)c1ccnc(C(=O)N2CCN(C)CC2)c1. The predicted molar refractivity (Wildman–Crippen MR) is 111 cm³/mol. The lowest BCUT2D eigenvalue weighted by atomic mass is 9.98. The highest BCUT2D eigenvalue weighted by molar-refractivity contribution is 6.06. The lowest BCUT2D eigenvalue weighted by Crippen LogP contribution is -2.47. The van der Waals surface area contributed by atoms with Crippen molar-refractivity contribution in [1.29, 1.82) is 0 Å². The van der Waals surface area contributed by atoms with Gasteiger partial charge in [0, 0.05) is 43.6 Å². The largest absolute Gasteiger partial charge is 0.335 e. The molecule has 0 spiro atoms. The molecule has 1 saturated heterocycles. The van der Waals surface area contributed by atoms with Gasteiger partial charge in [0.2, 0.25) is 0 Å². The molecule has 0 atom stereocenters. The third-order valence-electron chi connectivity index (χ3n) is 5.20. The van der Waals surface area contributed by atoms with Gasteiger partial charge < -0.3 is 15.1 Å². The Balaban J connectivity index is 1.79. The molecule has 28 heavy (non-hydrogen) atoms. The molecule has 1 aromatic heterocycles. The first-order valence-electron chi connectivity index (χ1n) is 9.71. The fourth-order valence-corrected chi connectivity index (χ4v) is 3.39. The number of pyridine rings is 1. The first-order valence-corrected chi connectivity index (χ1v) is 9.71. The van der Waals surface area contributed by atoms with Crippen molar-refractivity contribution in [3.05, 3.63) is 58.9 Å². The standard InChI is InChI=1S/C22H28N4O2/c1-15(2)18-7-5-6-16(3)20(18)24-21(27)17-8-9-23-19(14-17)22(28)26-12-10-25(4)11-13-26/h5-9,14-15H,10-13H2,1-4H3,(H,24,27). The van der Waals surface area contributed by atoms with E-state index in [1.54, 1.807) is 17.0 Å². The average Bonchev–Trinajstić information content (AvgIpc) is 2.69. The molecule has 0 aliphatic carbocycles. The van der Waals surface area contributed by atoms with Gasteiger partial charge in [-0.15, -0.1) is 0 Å². The van der Waals surface area contributed by atoms with E-state index in [1.165, 1.54) is 6.20 Å². The summed E-state index contributed by atoms with van der Waals surface area (Å²) in [5.74, 6) is -0.0606. The molecule has 6 nitrogen and oxygen atoms in total. The van der Waals surface area contributed by atoms with Crippen LogP contribution >= 0.6 is 0 Å². The molecular formula is C22H28N4O2. The molecule has 6 heteroatoms. The van der Waals surface area contributed by atoms with Crippen molar-refractivity contribution in [2.45, 2.75) is 26.7 Å². The highest BCUT2D eigenvalue weighted by Crippen LogP contribution is 2.27. The highest BCUT2D eigenvalue weighted by atomic mass is 16.2. The van der Waals surface area contributed by atoms with Gasteiger partial charge in [-0.05, 0) is 43.1 Å². The van der Waals surface area contributed by atoms with E-state index >= 15 is 0 Å². The number of nitrogens with zero attached hydrogens (tertiary/aromatic N) is 3. The summed E-state index contributed by atoms with van der Waals surface area (Å²) in [6, 6.07) is 9.24. The number of amides is 2. The molecule has 2 aromatic rings. The van der Waals surface area contributed by atoms with E-state index in [0.29, 0.717) is 30.3 Å². The van der Waals surface area contributed by atoms with Crippen LogP contribution in [0.2, 0.25) is 0 Å². The van der Waals surface area contributed by atoms with Gasteiger partial charge in [0.1, 0.15) is 5.69 Å². The maximum absolute atomic E-state index is 12.9. The summed E-state index contributed by atoms with van der Waals surface area (Å²) < 4.78 is 0. The number of aryl methyl sites for hydroxylation is 1. The minimum Gasteiger partial charge on any atom is -0.335 e. The van der Waals surface area contributed by atoms with E-state index in [4.69, 9.17) is 0 Å². The van der Waals surface area contributed by atoms with Gasteiger partial charge >= 0.3 is 0 Å². The Kier molecular flexibility index (Phi) is 6.09. The van der Waals surface area contributed by atoms with Gasteiger partial charge in [0.05, 0.1) is 0 Å². The van der Waals surface area contributed by atoms with Crippen molar-refractivity contribution in [2.75, 3.05) is 38.5 Å². The molecule has 2 amide bonds. The molecule has 0 unspecified atom stereocenters. The Morgan fingerprint density at radius 1 is 1.11 bits per heavy atom. The number of likely N-dealkylation sites (N-methyl/N-ethyl adjacent to an activating group) is 1. The lowest BCUT2D eigenvalue weighted by molar-refractivity contribution is 0.0658. The zero-order chi connectivity index (χ0) is 20.3. The minimum absolute atomic E-state index is 0.124. The summed E-state index contributed by atoms with van der Waals surface area (Å²) >= 11 is 0. The van der Waals surface area contributed by atoms with Crippen LogP contribution in [0.5, 0.6) is 0 Å². The van der Waals surface area contributed by atoms with Crippen molar-refractivity contribution in [3.63, 3.8) is 0 Å². The molecule has 3 rings (SSSR count). The van der Waals surface area contributed by atoms with Crippen LogP contribution in [-0.2, 0) is 0 Å². The van der Waals surface area contributed by atoms with Gasteiger partial charge in [-0.3, -0.25) is 14.6 Å². The van der Waals surface area contributed by atoms with Crippen molar-refractivity contribution < 1.29 is 9.59 Å². The number of nitrogens with one attached hydrogen (secondary N) is 1. The third-order valence-corrected chi connectivity index (χ3v) is 5.20. The number of benzene rings is 1. The normalized spacial score (nSPS) is 15.0. The van der Waals surface area contributed by atoms with Crippen LogP contribution in [0.15, 0.2) is 36.5 Å². The number of para-hydroxylation sites is 1. The van der Waals surface area contributed by atoms with Crippen LogP contribution < -0.4 is 5.32 Å². The lowest BCUT2D eigenvalue weighted by Gasteiger charge is -2.32. The topological polar surface area (TPSA) is 65.5 Å². The van der Waals surface area contributed by atoms with Gasteiger partial charge in [0.25, 0.3) is 11.8 Å². The monoisotopic (exact) mass is 380 g/mol. The molecule has 0 saturated carbocycles. The van der Waals surface area contributed by atoms with E-state index in [2.05, 4.69) is 29.0 Å². The van der Waals surface area contributed by atoms with E-state index in [-0.39, 0.29) is 11.8 Å². The van der Waals surface area contributed by atoms with Crippen molar-refractivity contribution in [1.82, 2.24) is 14.8 Å². The maximum Gasteiger partial charge on any atom is 0.272 e. The number of anilines is 1. The fourth-order valence-electron chi connectivity index (χ4n) is 3.39. The number of aromatic nitrogens is 1. The summed E-state index contributed by atoms with van der Waals surface area (Å²) in [4.78, 5) is 33.8. The number of hydrogen-bond acceptors (Lipinski definition) is 4. The Bertz CT molecular complexity index is 871. The summed E-state index contributed by atoms with van der Waals surface area (Å²) in [7, 11) is 2.04. The molecule has 2 heterocycles. The maximum atomic E-state index is 12.9. The second-order valence-electron chi connectivity index (χ2n) is 7.67. The van der Waals surface area contributed by atoms with E-state index in [9.17, 15) is 9.59 Å². The van der Waals surface area contributed by atoms with E-state index < -0.39 is 0 Å². The molecule has 0 bridgehead atoms. The van der Waals surface area contributed by atoms with Gasteiger partial charge in [-0.2, -0.15) is 0 Å². The molecule has 148 valence electrons. The van der Waals surface area contributed by atoms with Crippen LogP contribution in [0.25, 0.3) is 0 Å². The second kappa shape index (κ2) is 8.52. The fraction of sp³-hybridized carbons (Fsp3) is 0.409. The van der Waals surface area contributed by atoms with Crippen molar-refractivity contribution in [3.8, 4) is 0 Å². The summed E-state index contributed by atoms with van der Waals surface area (Å²) in [6.45, 7) is 9.22. The second-order valence-corrected chi connectivity index (χ2v) is 7.67. The van der Waals surface area contributed by atoms with E-state index in [0.717, 1.165) is 29.9 Å². The number of carbonyl (C=O) groups is 2. The molecule has 1 aromatic carbocycles. The third kappa shape index (κ3) is 4.39. The van der Waals surface area contributed by atoms with Gasteiger partial charge in [-0.1, -0.05) is 32.0 Å². The average molecular weight is 380 g/mol. The zero-order valence-electron chi connectivity index (χ0n) is 17.0. The summed E-state index contributed by atoms with van der Waals surface area (Å²) in [6.07, 6.45) is 1.53. The van der Waals surface area contributed by atoms with Crippen LogP contribution in [0.3, 0.4) is 0 Å². The number of carbonyl (C=O) groups excluding carboxylic acids is 2. The van der Waals surface area contributed by atoms with Crippen molar-refractivity contribution in [2.24, 2.45) is 0 Å². The molecule has 1 fully saturated rings. The van der Waals surface area contributed by atoms with Gasteiger partial charge in [-0.25, -0.2) is 0 Å². The van der Waals surface area contributed by atoms with Crippen LogP contribution in [0, 0.1) is 6.92 Å². The molecular weight excluding hydrogens is 352 g/mol. The summed E-state index contributed by atoms with van der Waals surface area (Å²) in [5, 5.41) is 3.03. The molecule has 1 aliphatic heterocycles. The molecule has 1 N–H and O–H groups in total. The van der Waals surface area contributed by atoms with Crippen molar-refractivity contribution >= 4 is 17.5 Å². The van der Waals surface area contributed by atoms with Crippen LogP contribution in [0.4, 0.5) is 5.69 Å². The smallest absolute Gasteiger partial charge is 0.272 e. The Morgan fingerprint density at radius 2 is 1.82 bits per heavy atom. The first-order chi connectivity index (χ1) is 13.4. The summed E-state index contributed by atoms with van der Waals surface area (Å²) in [5.41, 5.74) is 3.70. The first kappa shape index (κ1) is 20.0. The Morgan fingerprint density at radius 3 is 2.50 bits per heavy atom. The molecule has 0 radical (unpaired) electrons. The van der Waals surface area contributed by atoms with E-state index in [1.807, 2.05) is 32.2 Å². The Hall–Kier alpha value is -2.73. The highest BCUT2D eigenvalue weighted by Gasteiger charge is 2.22. The number of piperazine rings is 1. The predicted octanol–water partition coefficient (Wildman–Crippen LogP) is 3.15. The van der Waals surface area contributed by atoms with Gasteiger partial charge in [0.15, 0.2) is 0 Å². The molecule has 1 aliphatic rings. The zero-order valence-corrected chi connectivity index (χ0v) is 17.0. The number of hydrogen-bond donors (Lipinski definition) is 1. The van der Waals surface area contributed by atoms with Crippen LogP contribution in [-0.4, -0.2) is 59.8 Å². The number of rotatable bonds is 4.